The minimum atomic E-state index is -1.11. The molecule has 4 heteroatoms. The Morgan fingerprint density at radius 2 is 1.85 bits per heavy atom. The predicted octanol–water partition coefficient (Wildman–Crippen LogP) is 3.17. The van der Waals surface area contributed by atoms with Crippen molar-refractivity contribution in [3.05, 3.63) is 65.2 Å². The number of carbonyl (C=O) groups is 2. The monoisotopic (exact) mass is 350 g/mol. The highest BCUT2D eigenvalue weighted by molar-refractivity contribution is 5.95. The summed E-state index contributed by atoms with van der Waals surface area (Å²) in [4.78, 5) is 25.3. The van der Waals surface area contributed by atoms with Gasteiger partial charge in [0.25, 0.3) is 0 Å². The number of amides is 1. The molecule has 1 aliphatic rings. The lowest BCUT2D eigenvalue weighted by atomic mass is 9.80. The maximum Gasteiger partial charge on any atom is 0.227 e. The first-order valence-electron chi connectivity index (χ1n) is 9.14. The molecule has 4 nitrogen and oxygen atoms in total. The van der Waals surface area contributed by atoms with Crippen LogP contribution in [-0.4, -0.2) is 17.9 Å². The van der Waals surface area contributed by atoms with Crippen molar-refractivity contribution in [1.29, 1.82) is 0 Å². The lowest BCUT2D eigenvalue weighted by Crippen LogP contribution is -2.43. The summed E-state index contributed by atoms with van der Waals surface area (Å²) in [6.45, 7) is 4.13. The molecular weight excluding hydrogens is 326 g/mol. The Kier molecular flexibility index (Phi) is 5.40. The zero-order chi connectivity index (χ0) is 18.7. The van der Waals surface area contributed by atoms with E-state index in [2.05, 4.69) is 32.0 Å². The van der Waals surface area contributed by atoms with Crippen LogP contribution in [0.4, 0.5) is 5.69 Å². The maximum atomic E-state index is 12.8. The fourth-order valence-corrected chi connectivity index (χ4v) is 3.87. The van der Waals surface area contributed by atoms with Gasteiger partial charge in [-0.3, -0.25) is 4.79 Å². The minimum absolute atomic E-state index is 0.0182. The zero-order valence-electron chi connectivity index (χ0n) is 15.3. The van der Waals surface area contributed by atoms with E-state index in [0.29, 0.717) is 6.42 Å². The molecule has 0 spiro atoms. The molecule has 2 aromatic carbocycles. The molecule has 0 unspecified atom stereocenters. The number of nitrogens with zero attached hydrogens (tertiary/aromatic N) is 1. The van der Waals surface area contributed by atoms with Gasteiger partial charge in [-0.15, -0.1) is 0 Å². The first-order chi connectivity index (χ1) is 12.5. The Bertz CT molecular complexity index is 800. The van der Waals surface area contributed by atoms with Crippen LogP contribution < -0.4 is 10.0 Å². The SMILES string of the molecule is Cc1ccc2c(c1)[C@H](c1ccccc1)C[C@H](C)N2C(=O)CCCC(=O)[O-]. The van der Waals surface area contributed by atoms with Gasteiger partial charge >= 0.3 is 0 Å². The highest BCUT2D eigenvalue weighted by atomic mass is 16.4. The molecule has 2 aromatic rings. The van der Waals surface area contributed by atoms with Gasteiger partial charge in [-0.25, -0.2) is 0 Å². The van der Waals surface area contributed by atoms with Gasteiger partial charge < -0.3 is 14.8 Å². The number of aryl methyl sites for hydroxylation is 1. The van der Waals surface area contributed by atoms with Crippen LogP contribution >= 0.6 is 0 Å². The van der Waals surface area contributed by atoms with Crippen molar-refractivity contribution in [1.82, 2.24) is 0 Å². The topological polar surface area (TPSA) is 60.4 Å². The van der Waals surface area contributed by atoms with Crippen molar-refractivity contribution in [2.24, 2.45) is 0 Å². The van der Waals surface area contributed by atoms with Crippen molar-refractivity contribution in [2.75, 3.05) is 4.90 Å². The zero-order valence-corrected chi connectivity index (χ0v) is 15.3. The summed E-state index contributed by atoms with van der Waals surface area (Å²) >= 11 is 0. The smallest absolute Gasteiger partial charge is 0.227 e. The van der Waals surface area contributed by atoms with Gasteiger partial charge in [0, 0.05) is 30.0 Å². The van der Waals surface area contributed by atoms with Crippen LogP contribution in [0, 0.1) is 6.92 Å². The van der Waals surface area contributed by atoms with E-state index in [4.69, 9.17) is 0 Å². The third-order valence-electron chi connectivity index (χ3n) is 5.08. The van der Waals surface area contributed by atoms with Gasteiger partial charge in [-0.05, 0) is 50.3 Å². The van der Waals surface area contributed by atoms with E-state index < -0.39 is 5.97 Å². The van der Waals surface area contributed by atoms with Crippen LogP contribution in [0.5, 0.6) is 0 Å². The van der Waals surface area contributed by atoms with Crippen LogP contribution in [0.25, 0.3) is 0 Å². The molecule has 0 fully saturated rings. The highest BCUT2D eigenvalue weighted by Crippen LogP contribution is 2.42. The molecule has 26 heavy (non-hydrogen) atoms. The van der Waals surface area contributed by atoms with Gasteiger partial charge in [0.1, 0.15) is 0 Å². The summed E-state index contributed by atoms with van der Waals surface area (Å²) in [5, 5.41) is 10.6. The van der Waals surface area contributed by atoms with E-state index in [1.807, 2.05) is 35.2 Å². The summed E-state index contributed by atoms with van der Waals surface area (Å²) in [7, 11) is 0. The molecule has 0 aliphatic carbocycles. The summed E-state index contributed by atoms with van der Waals surface area (Å²) in [5.41, 5.74) is 4.54. The molecule has 0 saturated carbocycles. The van der Waals surface area contributed by atoms with Crippen molar-refractivity contribution >= 4 is 17.6 Å². The van der Waals surface area contributed by atoms with Crippen molar-refractivity contribution in [3.63, 3.8) is 0 Å². The molecule has 0 bridgehead atoms. The molecule has 0 radical (unpaired) electrons. The Labute approximate surface area is 154 Å². The van der Waals surface area contributed by atoms with Gasteiger partial charge in [0.15, 0.2) is 0 Å². The Balaban J connectivity index is 1.93. The minimum Gasteiger partial charge on any atom is -0.550 e. The van der Waals surface area contributed by atoms with E-state index in [1.54, 1.807) is 0 Å². The van der Waals surface area contributed by atoms with Crippen LogP contribution in [0.15, 0.2) is 48.5 Å². The van der Waals surface area contributed by atoms with Crippen molar-refractivity contribution < 1.29 is 14.7 Å². The van der Waals surface area contributed by atoms with Crippen LogP contribution in [0.1, 0.15) is 55.2 Å². The fraction of sp³-hybridized carbons (Fsp3) is 0.364. The summed E-state index contributed by atoms with van der Waals surface area (Å²) < 4.78 is 0. The van der Waals surface area contributed by atoms with Crippen molar-refractivity contribution in [2.45, 2.75) is 51.5 Å². The molecule has 1 heterocycles. The second-order valence-electron chi connectivity index (χ2n) is 7.10. The van der Waals surface area contributed by atoms with Crippen LogP contribution in [0.3, 0.4) is 0 Å². The summed E-state index contributed by atoms with van der Waals surface area (Å²) in [5.74, 6) is -0.867. The third-order valence-corrected chi connectivity index (χ3v) is 5.08. The molecule has 1 aliphatic heterocycles. The predicted molar refractivity (Wildman–Crippen MR) is 99.9 cm³/mol. The molecule has 0 aromatic heterocycles. The number of carboxylic acid groups (broad SMARTS) is 1. The third kappa shape index (κ3) is 3.79. The highest BCUT2D eigenvalue weighted by Gasteiger charge is 2.34. The number of carbonyl (C=O) groups excluding carboxylic acids is 2. The second kappa shape index (κ2) is 7.73. The normalized spacial score (nSPS) is 19.1. The largest absolute Gasteiger partial charge is 0.550 e. The number of hydrogen-bond donors (Lipinski definition) is 0. The molecular formula is C22H24NO3-. The second-order valence-corrected chi connectivity index (χ2v) is 7.10. The van der Waals surface area contributed by atoms with Gasteiger partial charge in [0.2, 0.25) is 5.91 Å². The van der Waals surface area contributed by atoms with Gasteiger partial charge in [-0.1, -0.05) is 48.0 Å². The van der Waals surface area contributed by atoms with E-state index >= 15 is 0 Å². The Hall–Kier alpha value is -2.62. The quantitative estimate of drug-likeness (QED) is 0.832. The first-order valence-corrected chi connectivity index (χ1v) is 9.14. The fourth-order valence-electron chi connectivity index (χ4n) is 3.87. The molecule has 2 atom stereocenters. The molecule has 136 valence electrons. The first kappa shape index (κ1) is 18.2. The van der Waals surface area contributed by atoms with E-state index in [0.717, 1.165) is 12.1 Å². The average molecular weight is 350 g/mol. The number of fused-ring (bicyclic) bond motifs is 1. The maximum absolute atomic E-state index is 12.8. The lowest BCUT2D eigenvalue weighted by Gasteiger charge is -2.40. The molecule has 3 rings (SSSR count). The van der Waals surface area contributed by atoms with E-state index in [9.17, 15) is 14.7 Å². The van der Waals surface area contributed by atoms with Crippen LogP contribution in [-0.2, 0) is 9.59 Å². The van der Waals surface area contributed by atoms with Crippen molar-refractivity contribution in [3.8, 4) is 0 Å². The number of carboxylic acids is 1. The number of benzene rings is 2. The summed E-state index contributed by atoms with van der Waals surface area (Å²) in [6, 6.07) is 16.7. The standard InChI is InChI=1S/C22H25NO3/c1-15-11-12-20-19(13-15)18(17-7-4-3-5-8-17)14-16(2)23(20)21(24)9-6-10-22(25)26/h3-5,7-8,11-13,16,18H,6,9-10,14H2,1-2H3,(H,25,26)/p-1/t16-,18-/m0/s1. The lowest BCUT2D eigenvalue weighted by molar-refractivity contribution is -0.305. The Morgan fingerprint density at radius 3 is 2.54 bits per heavy atom. The Morgan fingerprint density at radius 1 is 1.12 bits per heavy atom. The van der Waals surface area contributed by atoms with E-state index in [-0.39, 0.29) is 30.7 Å². The number of anilines is 1. The average Bonchev–Trinajstić information content (AvgIpc) is 2.61. The van der Waals surface area contributed by atoms with Gasteiger partial charge in [0.05, 0.1) is 0 Å². The molecule has 0 N–H and O–H groups in total. The number of rotatable bonds is 5. The van der Waals surface area contributed by atoms with Crippen LogP contribution in [0.2, 0.25) is 0 Å². The number of aliphatic carboxylic acids is 1. The van der Waals surface area contributed by atoms with E-state index in [1.165, 1.54) is 16.7 Å². The van der Waals surface area contributed by atoms with Gasteiger partial charge in [-0.2, -0.15) is 0 Å². The number of hydrogen-bond acceptors (Lipinski definition) is 3. The molecule has 1 amide bonds. The molecule has 0 saturated heterocycles. The summed E-state index contributed by atoms with van der Waals surface area (Å²) in [6.07, 6.45) is 1.31.